The van der Waals surface area contributed by atoms with Crippen LogP contribution in [-0.4, -0.2) is 11.7 Å². The Morgan fingerprint density at radius 1 is 1.00 bits per heavy atom. The van der Waals surface area contributed by atoms with Crippen LogP contribution in [0.5, 0.6) is 0 Å². The first-order chi connectivity index (χ1) is 9.74. The molecular weight excluding hydrogens is 254 g/mol. The Bertz CT molecular complexity index is 634. The Hall–Kier alpha value is -3.02. The molecule has 2 rings (SSSR count). The fourth-order valence-corrected chi connectivity index (χ4v) is 1.66. The Morgan fingerprint density at radius 3 is 2.15 bits per heavy atom. The lowest BCUT2D eigenvalue weighted by Gasteiger charge is -2.05. The first-order valence-electron chi connectivity index (χ1n) is 5.87. The predicted octanol–water partition coefficient (Wildman–Crippen LogP) is 2.59. The van der Waals surface area contributed by atoms with Crippen LogP contribution in [0.4, 0.5) is 5.69 Å². The minimum Gasteiger partial charge on any atom is -0.322 e. The molecule has 0 radical (unpaired) electrons. The molecule has 0 bridgehead atoms. The Balaban J connectivity index is 2.14. The van der Waals surface area contributed by atoms with Gasteiger partial charge in [-0.05, 0) is 24.3 Å². The summed E-state index contributed by atoms with van der Waals surface area (Å²) in [5.74, 6) is 5.01. The molecule has 0 aliphatic heterocycles. The van der Waals surface area contributed by atoms with Crippen LogP contribution in [0.1, 0.15) is 15.9 Å². The third-order valence-corrected chi connectivity index (χ3v) is 2.67. The van der Waals surface area contributed by atoms with Crippen LogP contribution < -0.4 is 11.2 Å². The van der Waals surface area contributed by atoms with Crippen molar-refractivity contribution in [2.45, 2.75) is 0 Å². The maximum absolute atomic E-state index is 12.0. The molecule has 20 heavy (non-hydrogen) atoms. The highest BCUT2D eigenvalue weighted by Gasteiger charge is 2.07. The molecule has 0 spiro atoms. The summed E-state index contributed by atoms with van der Waals surface area (Å²) >= 11 is 0. The number of hydrogen-bond donors (Lipinski definition) is 3. The Morgan fingerprint density at radius 2 is 1.60 bits per heavy atom. The van der Waals surface area contributed by atoms with Gasteiger partial charge in [-0.25, -0.2) is 5.53 Å². The van der Waals surface area contributed by atoms with E-state index < -0.39 is 0 Å². The molecule has 100 valence electrons. The molecule has 0 aliphatic rings. The number of carbonyl (C=O) groups excluding carboxylic acids is 1. The lowest BCUT2D eigenvalue weighted by Crippen LogP contribution is -2.12. The van der Waals surface area contributed by atoms with Crippen molar-refractivity contribution >= 4 is 17.4 Å². The normalized spacial score (nSPS) is 10.9. The smallest absolute Gasteiger partial charge is 0.255 e. The fourth-order valence-electron chi connectivity index (χ4n) is 1.66. The van der Waals surface area contributed by atoms with Gasteiger partial charge in [-0.3, -0.25) is 4.79 Å². The number of rotatable bonds is 3. The van der Waals surface area contributed by atoms with Gasteiger partial charge >= 0.3 is 0 Å². The summed E-state index contributed by atoms with van der Waals surface area (Å²) in [6.07, 6.45) is 0. The topological polar surface area (TPSA) is 104 Å². The van der Waals surface area contributed by atoms with Crippen molar-refractivity contribution in [2.24, 2.45) is 16.1 Å². The standard InChI is InChI=1S/C14H13N5O/c15-18-13(19-16)10-6-8-11(9-7-10)14(20)17-12-4-2-1-3-5-12/h1-9,15H,16H2,(H,17,20)/b18-15?,19-13-. The van der Waals surface area contributed by atoms with Crippen molar-refractivity contribution in [1.29, 1.82) is 5.53 Å². The molecule has 0 atom stereocenters. The second-order valence-electron chi connectivity index (χ2n) is 3.96. The fraction of sp³-hybridized carbons (Fsp3) is 0. The monoisotopic (exact) mass is 267 g/mol. The van der Waals surface area contributed by atoms with Crippen LogP contribution in [0.2, 0.25) is 0 Å². The van der Waals surface area contributed by atoms with E-state index in [0.717, 1.165) is 5.69 Å². The van der Waals surface area contributed by atoms with Crippen LogP contribution in [-0.2, 0) is 0 Å². The zero-order chi connectivity index (χ0) is 14.4. The van der Waals surface area contributed by atoms with E-state index in [4.69, 9.17) is 11.4 Å². The van der Waals surface area contributed by atoms with Gasteiger partial charge in [0, 0.05) is 16.8 Å². The highest BCUT2D eigenvalue weighted by Crippen LogP contribution is 2.10. The van der Waals surface area contributed by atoms with Gasteiger partial charge in [-0.1, -0.05) is 30.3 Å². The number of para-hydroxylation sites is 1. The number of benzene rings is 2. The van der Waals surface area contributed by atoms with E-state index in [1.54, 1.807) is 24.3 Å². The average Bonchev–Trinajstić information content (AvgIpc) is 2.50. The maximum Gasteiger partial charge on any atom is 0.255 e. The molecule has 4 N–H and O–H groups in total. The summed E-state index contributed by atoms with van der Waals surface area (Å²) in [7, 11) is 0. The number of hydrogen-bond acceptors (Lipinski definition) is 4. The largest absolute Gasteiger partial charge is 0.322 e. The second kappa shape index (κ2) is 6.24. The average molecular weight is 267 g/mol. The molecule has 6 nitrogen and oxygen atoms in total. The van der Waals surface area contributed by atoms with E-state index in [1.165, 1.54) is 0 Å². The second-order valence-corrected chi connectivity index (χ2v) is 3.96. The molecule has 0 saturated heterocycles. The number of hydrazone groups is 1. The molecule has 0 fully saturated rings. The number of nitrogens with zero attached hydrogens (tertiary/aromatic N) is 2. The molecule has 1 amide bonds. The van der Waals surface area contributed by atoms with Gasteiger partial charge in [-0.2, -0.15) is 5.10 Å². The molecule has 0 aromatic heterocycles. The molecule has 6 heteroatoms. The zero-order valence-corrected chi connectivity index (χ0v) is 10.6. The van der Waals surface area contributed by atoms with E-state index in [1.807, 2.05) is 30.3 Å². The van der Waals surface area contributed by atoms with Crippen molar-refractivity contribution < 1.29 is 4.79 Å². The molecule has 2 aromatic carbocycles. The number of nitrogens with two attached hydrogens (primary N) is 1. The maximum atomic E-state index is 12.0. The third kappa shape index (κ3) is 3.05. The number of anilines is 1. The van der Waals surface area contributed by atoms with E-state index in [2.05, 4.69) is 15.5 Å². The summed E-state index contributed by atoms with van der Waals surface area (Å²) in [4.78, 5) is 12.0. The van der Waals surface area contributed by atoms with Gasteiger partial charge in [0.1, 0.15) is 0 Å². The van der Waals surface area contributed by atoms with Gasteiger partial charge in [0.25, 0.3) is 5.91 Å². The van der Waals surface area contributed by atoms with Crippen molar-refractivity contribution in [1.82, 2.24) is 0 Å². The van der Waals surface area contributed by atoms with E-state index >= 15 is 0 Å². The highest BCUT2D eigenvalue weighted by molar-refractivity contribution is 6.05. The lowest BCUT2D eigenvalue weighted by molar-refractivity contribution is 0.102. The summed E-state index contributed by atoms with van der Waals surface area (Å²) in [6, 6.07) is 15.7. The van der Waals surface area contributed by atoms with Crippen molar-refractivity contribution in [3.8, 4) is 0 Å². The van der Waals surface area contributed by atoms with Crippen molar-refractivity contribution in [3.63, 3.8) is 0 Å². The van der Waals surface area contributed by atoms with Gasteiger partial charge in [0.05, 0.1) is 0 Å². The van der Waals surface area contributed by atoms with Crippen LogP contribution in [0.15, 0.2) is 64.8 Å². The van der Waals surface area contributed by atoms with Gasteiger partial charge < -0.3 is 11.2 Å². The molecule has 2 aromatic rings. The Kier molecular flexibility index (Phi) is 4.18. The SMILES string of the molecule is N=N/C(=N\N)c1ccc(C(=O)Nc2ccccc2)cc1. The van der Waals surface area contributed by atoms with Crippen LogP contribution in [0.3, 0.4) is 0 Å². The predicted molar refractivity (Wildman–Crippen MR) is 76.7 cm³/mol. The number of nitrogens with one attached hydrogen (secondary N) is 2. The summed E-state index contributed by atoms with van der Waals surface area (Å²) < 4.78 is 0. The molecule has 0 saturated carbocycles. The summed E-state index contributed by atoms with van der Waals surface area (Å²) in [6.45, 7) is 0. The van der Waals surface area contributed by atoms with Gasteiger partial charge in [-0.15, -0.1) is 5.11 Å². The van der Waals surface area contributed by atoms with E-state index in [-0.39, 0.29) is 11.7 Å². The zero-order valence-electron chi connectivity index (χ0n) is 10.6. The van der Waals surface area contributed by atoms with Gasteiger partial charge in [0.15, 0.2) is 5.84 Å². The van der Waals surface area contributed by atoms with Crippen LogP contribution >= 0.6 is 0 Å². The first kappa shape index (κ1) is 13.4. The third-order valence-electron chi connectivity index (χ3n) is 2.67. The highest BCUT2D eigenvalue weighted by atomic mass is 16.1. The van der Waals surface area contributed by atoms with Gasteiger partial charge in [0.2, 0.25) is 0 Å². The van der Waals surface area contributed by atoms with Crippen molar-refractivity contribution in [2.75, 3.05) is 5.32 Å². The number of amides is 1. The van der Waals surface area contributed by atoms with Crippen LogP contribution in [0.25, 0.3) is 0 Å². The summed E-state index contributed by atoms with van der Waals surface area (Å²) in [5, 5.41) is 9.35. The van der Waals surface area contributed by atoms with E-state index in [0.29, 0.717) is 11.1 Å². The Labute approximate surface area is 115 Å². The molecule has 0 aliphatic carbocycles. The quantitative estimate of drug-likeness (QED) is 0.261. The lowest BCUT2D eigenvalue weighted by atomic mass is 10.1. The molecule has 0 unspecified atom stereocenters. The molecule has 0 heterocycles. The summed E-state index contributed by atoms with van der Waals surface area (Å²) in [5.41, 5.74) is 8.73. The minimum atomic E-state index is -0.211. The first-order valence-corrected chi connectivity index (χ1v) is 5.87. The minimum absolute atomic E-state index is 0.111. The van der Waals surface area contributed by atoms with Crippen molar-refractivity contribution in [3.05, 3.63) is 65.7 Å². The number of amidine groups is 1. The molecular formula is C14H13N5O. The van der Waals surface area contributed by atoms with E-state index in [9.17, 15) is 4.79 Å². The number of carbonyl (C=O) groups is 1. The van der Waals surface area contributed by atoms with Crippen LogP contribution in [0, 0.1) is 5.53 Å².